The van der Waals surface area contributed by atoms with Crippen molar-refractivity contribution in [1.29, 1.82) is 0 Å². The predicted octanol–water partition coefficient (Wildman–Crippen LogP) is 2.03. The van der Waals surface area contributed by atoms with E-state index >= 15 is 0 Å². The van der Waals surface area contributed by atoms with Crippen LogP contribution in [0.4, 0.5) is 0 Å². The summed E-state index contributed by atoms with van der Waals surface area (Å²) < 4.78 is 5.98. The third kappa shape index (κ3) is 1.46. The van der Waals surface area contributed by atoms with E-state index < -0.39 is 0 Å². The first kappa shape index (κ1) is 11.7. The van der Waals surface area contributed by atoms with E-state index in [-0.39, 0.29) is 23.9 Å². The van der Waals surface area contributed by atoms with Gasteiger partial charge in [0.1, 0.15) is 11.7 Å². The highest BCUT2D eigenvalue weighted by Gasteiger charge is 2.62. The fourth-order valence-corrected chi connectivity index (χ4v) is 4.91. The number of nitrogens with one attached hydrogen (secondary N) is 1. The number of rotatable bonds is 2. The highest BCUT2D eigenvalue weighted by Crippen LogP contribution is 2.50. The molecule has 5 rings (SSSR count). The minimum absolute atomic E-state index is 0.0675. The molecule has 20 heavy (non-hydrogen) atoms. The maximum Gasteiger partial charge on any atom is 0.244 e. The van der Waals surface area contributed by atoms with E-state index in [2.05, 4.69) is 27.7 Å². The van der Waals surface area contributed by atoms with E-state index in [9.17, 15) is 4.79 Å². The van der Waals surface area contributed by atoms with Gasteiger partial charge in [0.25, 0.3) is 0 Å². The SMILES string of the molecule is O=C1N(C2CC3CCC2O3)C(c2cccs2)NC12CC2. The normalized spacial score (nSPS) is 41.0. The lowest BCUT2D eigenvalue weighted by Gasteiger charge is -2.33. The molecular weight excluding hydrogens is 272 g/mol. The van der Waals surface area contributed by atoms with Crippen LogP contribution < -0.4 is 5.32 Å². The summed E-state index contributed by atoms with van der Waals surface area (Å²) in [7, 11) is 0. The molecule has 1 N–H and O–H groups in total. The van der Waals surface area contributed by atoms with Crippen molar-refractivity contribution in [2.75, 3.05) is 0 Å². The average Bonchev–Trinajstić information content (AvgIpc) is 2.91. The van der Waals surface area contributed by atoms with Crippen molar-refractivity contribution in [3.05, 3.63) is 22.4 Å². The van der Waals surface area contributed by atoms with Crippen LogP contribution in [0.3, 0.4) is 0 Å². The molecule has 4 heterocycles. The number of carbonyl (C=O) groups excluding carboxylic acids is 1. The summed E-state index contributed by atoms with van der Waals surface area (Å²) in [5, 5.41) is 5.70. The molecule has 4 unspecified atom stereocenters. The summed E-state index contributed by atoms with van der Waals surface area (Å²) in [6.45, 7) is 0. The number of thiophene rings is 1. The fraction of sp³-hybridized carbons (Fsp3) is 0.667. The van der Waals surface area contributed by atoms with Crippen molar-refractivity contribution in [3.8, 4) is 0 Å². The Balaban J connectivity index is 1.52. The molecule has 3 saturated heterocycles. The monoisotopic (exact) mass is 290 g/mol. The molecule has 106 valence electrons. The zero-order valence-corrected chi connectivity index (χ0v) is 12.1. The second-order valence-corrected chi connectivity index (χ2v) is 7.51. The Hall–Kier alpha value is -0.910. The standard InChI is InChI=1S/C15H18N2O2S/c18-14-15(5-6-15)16-13(12-2-1-7-20-12)17(14)10-8-9-3-4-11(10)19-9/h1-2,7,9-11,13,16H,3-6,8H2. The molecule has 1 aromatic rings. The van der Waals surface area contributed by atoms with E-state index in [1.165, 1.54) is 11.3 Å². The Morgan fingerprint density at radius 2 is 2.30 bits per heavy atom. The maximum atomic E-state index is 12.9. The highest BCUT2D eigenvalue weighted by molar-refractivity contribution is 7.10. The number of ether oxygens (including phenoxy) is 1. The van der Waals surface area contributed by atoms with Gasteiger partial charge in [-0.3, -0.25) is 10.1 Å². The number of amides is 1. The van der Waals surface area contributed by atoms with Crippen LogP contribution in [-0.4, -0.2) is 34.6 Å². The van der Waals surface area contributed by atoms with Crippen molar-refractivity contribution < 1.29 is 9.53 Å². The number of fused-ring (bicyclic) bond motifs is 2. The third-order valence-electron chi connectivity index (χ3n) is 5.33. The van der Waals surface area contributed by atoms with Gasteiger partial charge in [-0.1, -0.05) is 6.07 Å². The van der Waals surface area contributed by atoms with Crippen LogP contribution in [-0.2, 0) is 9.53 Å². The smallest absolute Gasteiger partial charge is 0.244 e. The van der Waals surface area contributed by atoms with Crippen LogP contribution in [0.15, 0.2) is 17.5 Å². The van der Waals surface area contributed by atoms with Crippen LogP contribution >= 0.6 is 11.3 Å². The Bertz CT molecular complexity index is 554. The molecular formula is C15H18N2O2S. The summed E-state index contributed by atoms with van der Waals surface area (Å²) in [5.41, 5.74) is -0.240. The molecule has 4 nitrogen and oxygen atoms in total. The van der Waals surface area contributed by atoms with E-state index in [1.807, 2.05) is 0 Å². The van der Waals surface area contributed by atoms with Crippen LogP contribution in [0.25, 0.3) is 0 Å². The fourth-order valence-electron chi connectivity index (χ4n) is 4.14. The maximum absolute atomic E-state index is 12.9. The second-order valence-electron chi connectivity index (χ2n) is 6.53. The molecule has 1 saturated carbocycles. The highest BCUT2D eigenvalue weighted by atomic mass is 32.1. The molecule has 1 aliphatic carbocycles. The minimum atomic E-state index is -0.240. The van der Waals surface area contributed by atoms with Crippen molar-refractivity contribution in [3.63, 3.8) is 0 Å². The van der Waals surface area contributed by atoms with Gasteiger partial charge < -0.3 is 9.64 Å². The summed E-state index contributed by atoms with van der Waals surface area (Å²) in [5.74, 6) is 0.317. The largest absolute Gasteiger partial charge is 0.373 e. The first-order valence-corrected chi connectivity index (χ1v) is 8.44. The van der Waals surface area contributed by atoms with Gasteiger partial charge in [0.15, 0.2) is 0 Å². The van der Waals surface area contributed by atoms with Crippen LogP contribution in [0, 0.1) is 0 Å². The summed E-state index contributed by atoms with van der Waals surface area (Å²) in [6, 6.07) is 4.48. The number of hydrogen-bond donors (Lipinski definition) is 1. The molecule has 1 aromatic heterocycles. The zero-order chi connectivity index (χ0) is 13.3. The van der Waals surface area contributed by atoms with E-state index in [1.54, 1.807) is 11.3 Å². The molecule has 4 atom stereocenters. The molecule has 3 aliphatic heterocycles. The average molecular weight is 290 g/mol. The second kappa shape index (κ2) is 3.84. The van der Waals surface area contributed by atoms with Crippen LogP contribution in [0.2, 0.25) is 0 Å². The Kier molecular flexibility index (Phi) is 2.25. The number of carbonyl (C=O) groups is 1. The lowest BCUT2D eigenvalue weighted by molar-refractivity contribution is -0.134. The Labute approximate surface area is 122 Å². The van der Waals surface area contributed by atoms with Gasteiger partial charge in [-0.05, 0) is 43.6 Å². The molecule has 0 aromatic carbocycles. The molecule has 2 bridgehead atoms. The van der Waals surface area contributed by atoms with Crippen LogP contribution in [0.5, 0.6) is 0 Å². The summed E-state index contributed by atoms with van der Waals surface area (Å²) in [4.78, 5) is 16.3. The van der Waals surface area contributed by atoms with Crippen molar-refractivity contribution in [2.45, 2.75) is 62.1 Å². The Morgan fingerprint density at radius 3 is 2.90 bits per heavy atom. The molecule has 1 amide bonds. The lowest BCUT2D eigenvalue weighted by Crippen LogP contribution is -2.45. The van der Waals surface area contributed by atoms with E-state index in [0.29, 0.717) is 12.0 Å². The summed E-state index contributed by atoms with van der Waals surface area (Å²) in [6.07, 6.45) is 6.01. The first-order valence-electron chi connectivity index (χ1n) is 7.56. The van der Waals surface area contributed by atoms with Gasteiger partial charge in [0, 0.05) is 4.88 Å². The van der Waals surface area contributed by atoms with E-state index in [4.69, 9.17) is 4.74 Å². The quantitative estimate of drug-likeness (QED) is 0.906. The minimum Gasteiger partial charge on any atom is -0.373 e. The molecule has 4 aliphatic rings. The molecule has 4 fully saturated rings. The number of hydrogen-bond acceptors (Lipinski definition) is 4. The third-order valence-corrected chi connectivity index (χ3v) is 6.25. The first-order chi connectivity index (χ1) is 9.77. The van der Waals surface area contributed by atoms with Crippen LogP contribution in [0.1, 0.15) is 43.1 Å². The van der Waals surface area contributed by atoms with Crippen molar-refractivity contribution in [1.82, 2.24) is 10.2 Å². The summed E-state index contributed by atoms with van der Waals surface area (Å²) >= 11 is 1.74. The molecule has 0 radical (unpaired) electrons. The van der Waals surface area contributed by atoms with Gasteiger partial charge >= 0.3 is 0 Å². The Morgan fingerprint density at radius 1 is 1.40 bits per heavy atom. The van der Waals surface area contributed by atoms with Crippen molar-refractivity contribution in [2.24, 2.45) is 0 Å². The van der Waals surface area contributed by atoms with Gasteiger partial charge in [-0.25, -0.2) is 0 Å². The van der Waals surface area contributed by atoms with Gasteiger partial charge in [-0.2, -0.15) is 0 Å². The topological polar surface area (TPSA) is 41.6 Å². The zero-order valence-electron chi connectivity index (χ0n) is 11.2. The van der Waals surface area contributed by atoms with Crippen molar-refractivity contribution >= 4 is 17.2 Å². The number of nitrogens with zero attached hydrogens (tertiary/aromatic N) is 1. The van der Waals surface area contributed by atoms with Gasteiger partial charge in [-0.15, -0.1) is 11.3 Å². The lowest BCUT2D eigenvalue weighted by atomic mass is 9.93. The van der Waals surface area contributed by atoms with Gasteiger partial charge in [0.05, 0.1) is 18.2 Å². The van der Waals surface area contributed by atoms with E-state index in [0.717, 1.165) is 25.7 Å². The molecule has 5 heteroatoms. The van der Waals surface area contributed by atoms with Gasteiger partial charge in [0.2, 0.25) is 5.91 Å². The molecule has 1 spiro atoms. The predicted molar refractivity (Wildman–Crippen MR) is 75.3 cm³/mol.